The van der Waals surface area contributed by atoms with Crippen molar-refractivity contribution in [2.45, 2.75) is 27.3 Å². The molecule has 0 aliphatic rings. The number of H-pyrrole nitrogens is 1. The largest absolute Gasteiger partial charge is 0.463 e. The molecule has 4 rings (SSSR count). The van der Waals surface area contributed by atoms with E-state index in [0.29, 0.717) is 51.2 Å². The van der Waals surface area contributed by atoms with Crippen molar-refractivity contribution < 1.29 is 19.1 Å². The van der Waals surface area contributed by atoms with Gasteiger partial charge in [-0.05, 0) is 79.8 Å². The third-order valence-corrected chi connectivity index (χ3v) is 6.80. The Kier molecular flexibility index (Phi) is 8.56. The van der Waals surface area contributed by atoms with E-state index in [2.05, 4.69) is 37.5 Å². The number of hydrogen-bond donors (Lipinski definition) is 1. The van der Waals surface area contributed by atoms with Gasteiger partial charge in [0, 0.05) is 28.5 Å². The van der Waals surface area contributed by atoms with E-state index in [1.165, 1.54) is 0 Å². The van der Waals surface area contributed by atoms with Crippen LogP contribution in [0.5, 0.6) is 0 Å². The molecule has 37 heavy (non-hydrogen) atoms. The molecule has 0 amide bonds. The number of halogens is 3. The van der Waals surface area contributed by atoms with Crippen LogP contribution in [0.1, 0.15) is 31.9 Å². The molecule has 0 aliphatic heterocycles. The number of ether oxygens (including phenoxy) is 2. The number of hydrogen-bond acceptors (Lipinski definition) is 6. The molecule has 0 saturated heterocycles. The highest BCUT2D eigenvalue weighted by atomic mass is 127. The van der Waals surface area contributed by atoms with Gasteiger partial charge in [0.1, 0.15) is 16.9 Å². The maximum Gasteiger partial charge on any atom is 0.333 e. The van der Waals surface area contributed by atoms with Crippen LogP contribution in [0.3, 0.4) is 0 Å². The highest BCUT2D eigenvalue weighted by Crippen LogP contribution is 2.27. The second-order valence-corrected chi connectivity index (χ2v) is 10.0. The van der Waals surface area contributed by atoms with Gasteiger partial charge in [0.25, 0.3) is 0 Å². The average molecular weight is 653 g/mol. The van der Waals surface area contributed by atoms with Crippen LogP contribution in [0.4, 0.5) is 0 Å². The molecule has 0 radical (unpaired) electrons. The fourth-order valence-corrected chi connectivity index (χ4v) is 4.78. The maximum atomic E-state index is 12.7. The fraction of sp³-hybridized carbons (Fsp3) is 0.231. The minimum Gasteiger partial charge on any atom is -0.463 e. The van der Waals surface area contributed by atoms with E-state index in [1.54, 1.807) is 45.1 Å². The van der Waals surface area contributed by atoms with Crippen molar-refractivity contribution in [3.63, 3.8) is 0 Å². The monoisotopic (exact) mass is 652 g/mol. The zero-order valence-electron chi connectivity index (χ0n) is 20.3. The van der Waals surface area contributed by atoms with Crippen LogP contribution in [0, 0.1) is 3.70 Å². The zero-order chi connectivity index (χ0) is 26.7. The number of rotatable bonds is 8. The molecule has 1 N–H and O–H groups in total. The van der Waals surface area contributed by atoms with Gasteiger partial charge in [0.15, 0.2) is 0 Å². The van der Waals surface area contributed by atoms with Crippen LogP contribution in [-0.2, 0) is 25.6 Å². The van der Waals surface area contributed by atoms with Crippen molar-refractivity contribution in [2.75, 3.05) is 13.2 Å². The topological polar surface area (TPSA) is 99.1 Å². The molecule has 0 aromatic carbocycles. The normalized spacial score (nSPS) is 12.4. The molecule has 0 saturated carbocycles. The first kappa shape index (κ1) is 27.2. The van der Waals surface area contributed by atoms with Gasteiger partial charge in [-0.3, -0.25) is 0 Å². The van der Waals surface area contributed by atoms with E-state index in [-0.39, 0.29) is 6.61 Å². The Hall–Kier alpha value is -2.89. The molecular formula is C26H23Cl2IN4O4. The summed E-state index contributed by atoms with van der Waals surface area (Å²) in [6, 6.07) is 7.08. The number of carbonyl (C=O) groups is 2. The summed E-state index contributed by atoms with van der Waals surface area (Å²) < 4.78 is 13.4. The summed E-state index contributed by atoms with van der Waals surface area (Å²) in [6.07, 6.45) is 5.30. The highest BCUT2D eigenvalue weighted by Gasteiger charge is 2.15. The van der Waals surface area contributed by atoms with Crippen LogP contribution < -0.4 is 0 Å². The molecule has 4 aromatic heterocycles. The minimum absolute atomic E-state index is 0.130. The molecule has 0 spiro atoms. The lowest BCUT2D eigenvalue weighted by molar-refractivity contribution is -0.139. The van der Waals surface area contributed by atoms with Crippen molar-refractivity contribution in [1.29, 1.82) is 0 Å². The number of nitrogens with one attached hydrogen (secondary N) is 1. The first-order valence-corrected chi connectivity index (χ1v) is 13.2. The van der Waals surface area contributed by atoms with Crippen LogP contribution in [0.25, 0.3) is 34.2 Å². The predicted octanol–water partition coefficient (Wildman–Crippen LogP) is 6.44. The van der Waals surface area contributed by atoms with Gasteiger partial charge in [0.05, 0.1) is 38.9 Å². The Morgan fingerprint density at radius 3 is 2.38 bits per heavy atom. The highest BCUT2D eigenvalue weighted by molar-refractivity contribution is 14.1. The quantitative estimate of drug-likeness (QED) is 0.102. The van der Waals surface area contributed by atoms with Gasteiger partial charge in [0.2, 0.25) is 0 Å². The van der Waals surface area contributed by atoms with Gasteiger partial charge >= 0.3 is 11.9 Å². The number of nitrogens with zero attached hydrogens (tertiary/aromatic N) is 3. The van der Waals surface area contributed by atoms with Crippen LogP contribution in [0.2, 0.25) is 10.3 Å². The summed E-state index contributed by atoms with van der Waals surface area (Å²) in [5, 5.41) is 0.711. The van der Waals surface area contributed by atoms with Gasteiger partial charge in [-0.2, -0.15) is 0 Å². The van der Waals surface area contributed by atoms with E-state index in [1.807, 2.05) is 22.9 Å². The summed E-state index contributed by atoms with van der Waals surface area (Å²) in [4.78, 5) is 36.8. The molecular weight excluding hydrogens is 630 g/mol. The van der Waals surface area contributed by atoms with Gasteiger partial charge in [-0.25, -0.2) is 19.6 Å². The lowest BCUT2D eigenvalue weighted by Crippen LogP contribution is -2.11. The molecule has 8 nitrogen and oxygen atoms in total. The lowest BCUT2D eigenvalue weighted by Gasteiger charge is -2.07. The van der Waals surface area contributed by atoms with Gasteiger partial charge in [-0.1, -0.05) is 23.2 Å². The zero-order valence-corrected chi connectivity index (χ0v) is 23.9. The smallest absolute Gasteiger partial charge is 0.333 e. The number of carbonyl (C=O) groups excluding carboxylic acids is 2. The molecule has 0 unspecified atom stereocenters. The fourth-order valence-electron chi connectivity index (χ4n) is 3.79. The summed E-state index contributed by atoms with van der Waals surface area (Å²) in [5.41, 5.74) is 5.32. The summed E-state index contributed by atoms with van der Waals surface area (Å²) in [6.45, 7) is 5.93. The van der Waals surface area contributed by atoms with Crippen molar-refractivity contribution in [1.82, 2.24) is 19.5 Å². The molecule has 4 heterocycles. The Bertz CT molecular complexity index is 1570. The standard InChI is InChI=1S/C26H23Cl2IN4O4/c1-4-36-25(34)14(2)11-16-13-33(19-6-8-21(28)31-22(16)19)9-10-37-26(35)15(3)12-17-23-18(30-24(17)29)5-7-20(27)32-23/h5-8,11-13,30H,4,9-10H2,1-3H3/b14-11+,15-12+. The van der Waals surface area contributed by atoms with Crippen molar-refractivity contribution in [3.8, 4) is 0 Å². The Morgan fingerprint density at radius 2 is 1.65 bits per heavy atom. The predicted molar refractivity (Wildman–Crippen MR) is 153 cm³/mol. The van der Waals surface area contributed by atoms with Crippen molar-refractivity contribution in [3.05, 3.63) is 66.7 Å². The molecule has 0 aliphatic carbocycles. The molecule has 192 valence electrons. The second kappa shape index (κ2) is 11.7. The van der Waals surface area contributed by atoms with Crippen molar-refractivity contribution >= 4 is 92.0 Å². The van der Waals surface area contributed by atoms with Crippen LogP contribution in [-0.4, -0.2) is 44.7 Å². The SMILES string of the molecule is CCOC(=O)/C(C)=C/c1cn(CCOC(=O)/C(C)=C/c2c(I)[nH]c3ccc(Cl)nc23)c2ccc(Cl)nc12. The molecule has 0 atom stereocenters. The van der Waals surface area contributed by atoms with Crippen LogP contribution >= 0.6 is 45.8 Å². The van der Waals surface area contributed by atoms with E-state index in [4.69, 9.17) is 32.7 Å². The number of pyridine rings is 2. The molecule has 0 bridgehead atoms. The summed E-state index contributed by atoms with van der Waals surface area (Å²) >= 11 is 14.3. The first-order chi connectivity index (χ1) is 17.7. The molecule has 11 heteroatoms. The van der Waals surface area contributed by atoms with Gasteiger partial charge in [-0.15, -0.1) is 0 Å². The van der Waals surface area contributed by atoms with E-state index in [0.717, 1.165) is 20.3 Å². The minimum atomic E-state index is -0.442. The number of fused-ring (bicyclic) bond motifs is 2. The average Bonchev–Trinajstić information content (AvgIpc) is 3.35. The third kappa shape index (κ3) is 6.16. The summed E-state index contributed by atoms with van der Waals surface area (Å²) in [7, 11) is 0. The lowest BCUT2D eigenvalue weighted by atomic mass is 10.2. The number of aromatic amines is 1. The second-order valence-electron chi connectivity index (χ2n) is 8.17. The third-order valence-electron chi connectivity index (χ3n) is 5.53. The number of esters is 2. The van der Waals surface area contributed by atoms with E-state index < -0.39 is 11.9 Å². The van der Waals surface area contributed by atoms with E-state index in [9.17, 15) is 9.59 Å². The molecule has 0 fully saturated rings. The van der Waals surface area contributed by atoms with Gasteiger partial charge < -0.3 is 19.0 Å². The molecule has 4 aromatic rings. The Labute approximate surface area is 236 Å². The van der Waals surface area contributed by atoms with Crippen LogP contribution in [0.15, 0.2) is 41.6 Å². The maximum absolute atomic E-state index is 12.7. The Morgan fingerprint density at radius 1 is 1.00 bits per heavy atom. The van der Waals surface area contributed by atoms with E-state index >= 15 is 0 Å². The summed E-state index contributed by atoms with van der Waals surface area (Å²) in [5.74, 6) is -0.841. The number of aromatic nitrogens is 4. The Balaban J connectivity index is 1.51. The first-order valence-electron chi connectivity index (χ1n) is 11.4. The van der Waals surface area contributed by atoms with Crippen molar-refractivity contribution in [2.24, 2.45) is 0 Å².